The molecule has 0 amide bonds. The highest BCUT2D eigenvalue weighted by Crippen LogP contribution is 2.61. The lowest BCUT2D eigenvalue weighted by molar-refractivity contribution is 0.461. The maximum absolute atomic E-state index is 14.8. The number of hydrogen-bond donors (Lipinski definition) is 2. The number of nitrogens with two attached hydrogens (primary N) is 2. The standard InChI is InChI=1S/C30H33N2O3P/c1-5-8-12-22(4)36(33,29(7-3)11-6-2)30-20-27(34-25-15-9-13-23(31)17-25)19-28(21-30)35-26-16-10-14-24(32)18-26/h6,8-21H,2,4-5,7,31-32H2,1,3H3/b12-8-,29-11+. The largest absolute Gasteiger partial charge is 0.457 e. The summed E-state index contributed by atoms with van der Waals surface area (Å²) in [7, 11) is -3.30. The van der Waals surface area contributed by atoms with Crippen LogP contribution in [0.15, 0.2) is 115 Å². The Kier molecular flexibility index (Phi) is 8.99. The van der Waals surface area contributed by atoms with Crippen molar-refractivity contribution in [3.8, 4) is 23.0 Å². The molecule has 36 heavy (non-hydrogen) atoms. The second-order valence-corrected chi connectivity index (χ2v) is 11.1. The first-order valence-electron chi connectivity index (χ1n) is 11.8. The maximum atomic E-state index is 14.8. The second-order valence-electron chi connectivity index (χ2n) is 8.17. The molecular formula is C30H33N2O3P. The molecule has 0 saturated heterocycles. The molecule has 1 unspecified atom stereocenters. The first-order chi connectivity index (χ1) is 17.3. The monoisotopic (exact) mass is 500 g/mol. The van der Waals surface area contributed by atoms with Crippen molar-refractivity contribution in [2.45, 2.75) is 26.7 Å². The Morgan fingerprint density at radius 3 is 1.89 bits per heavy atom. The van der Waals surface area contributed by atoms with Gasteiger partial charge < -0.3 is 25.5 Å². The minimum absolute atomic E-state index is 0.457. The Balaban J connectivity index is 2.21. The van der Waals surface area contributed by atoms with E-state index in [1.807, 2.05) is 38.1 Å². The Labute approximate surface area is 213 Å². The van der Waals surface area contributed by atoms with Gasteiger partial charge in [-0.2, -0.15) is 0 Å². The van der Waals surface area contributed by atoms with E-state index >= 15 is 0 Å². The summed E-state index contributed by atoms with van der Waals surface area (Å²) in [4.78, 5) is 0. The van der Waals surface area contributed by atoms with Gasteiger partial charge in [-0.1, -0.05) is 63.4 Å². The van der Waals surface area contributed by atoms with Gasteiger partial charge in [0, 0.05) is 40.2 Å². The van der Waals surface area contributed by atoms with E-state index in [0.29, 0.717) is 51.4 Å². The highest BCUT2D eigenvalue weighted by atomic mass is 31.2. The highest BCUT2D eigenvalue weighted by molar-refractivity contribution is 7.79. The van der Waals surface area contributed by atoms with Gasteiger partial charge in [0.2, 0.25) is 0 Å². The van der Waals surface area contributed by atoms with Crippen molar-refractivity contribution in [2.75, 3.05) is 11.5 Å². The predicted octanol–water partition coefficient (Wildman–Crippen LogP) is 8.38. The molecule has 0 spiro atoms. The zero-order valence-corrected chi connectivity index (χ0v) is 21.7. The van der Waals surface area contributed by atoms with Crippen LogP contribution in [0, 0.1) is 0 Å². The number of allylic oxidation sites excluding steroid dienone is 6. The molecule has 1 atom stereocenters. The van der Waals surface area contributed by atoms with Crippen molar-refractivity contribution in [3.63, 3.8) is 0 Å². The fourth-order valence-corrected chi connectivity index (χ4v) is 6.47. The molecule has 4 N–H and O–H groups in total. The molecule has 3 aromatic rings. The van der Waals surface area contributed by atoms with Gasteiger partial charge in [0.05, 0.1) is 0 Å². The average Bonchev–Trinajstić information content (AvgIpc) is 2.85. The third-order valence-corrected chi connectivity index (χ3v) is 8.66. The topological polar surface area (TPSA) is 87.6 Å². The van der Waals surface area contributed by atoms with Crippen LogP contribution in [-0.2, 0) is 4.57 Å². The molecule has 6 heteroatoms. The minimum Gasteiger partial charge on any atom is -0.457 e. The van der Waals surface area contributed by atoms with Crippen LogP contribution >= 0.6 is 7.14 Å². The number of ether oxygens (including phenoxy) is 2. The van der Waals surface area contributed by atoms with Crippen LogP contribution in [0.25, 0.3) is 0 Å². The Morgan fingerprint density at radius 1 is 0.889 bits per heavy atom. The van der Waals surface area contributed by atoms with Crippen LogP contribution in [0.3, 0.4) is 0 Å². The fourth-order valence-electron chi connectivity index (χ4n) is 3.74. The van der Waals surface area contributed by atoms with Crippen LogP contribution in [0.2, 0.25) is 0 Å². The Morgan fingerprint density at radius 2 is 1.44 bits per heavy atom. The fraction of sp³-hybridized carbons (Fsp3) is 0.133. The van der Waals surface area contributed by atoms with Gasteiger partial charge >= 0.3 is 0 Å². The zero-order chi connectivity index (χ0) is 26.1. The quantitative estimate of drug-likeness (QED) is 0.157. The summed E-state index contributed by atoms with van der Waals surface area (Å²) >= 11 is 0. The van der Waals surface area contributed by atoms with Gasteiger partial charge in [-0.05, 0) is 54.6 Å². The first-order valence-corrected chi connectivity index (χ1v) is 13.5. The lowest BCUT2D eigenvalue weighted by Crippen LogP contribution is -2.09. The van der Waals surface area contributed by atoms with Gasteiger partial charge in [0.15, 0.2) is 7.14 Å². The van der Waals surface area contributed by atoms with E-state index in [2.05, 4.69) is 13.2 Å². The zero-order valence-electron chi connectivity index (χ0n) is 20.8. The second kappa shape index (κ2) is 12.1. The third kappa shape index (κ3) is 6.38. The van der Waals surface area contributed by atoms with Crippen molar-refractivity contribution in [1.29, 1.82) is 0 Å². The van der Waals surface area contributed by atoms with Crippen molar-refractivity contribution in [2.24, 2.45) is 0 Å². The SMILES string of the molecule is C=C/C=C(\CC)P(=O)(C(=C)/C=C\CC)c1cc(Oc2cccc(N)c2)cc(Oc2cccc(N)c2)c1. The summed E-state index contributed by atoms with van der Waals surface area (Å²) in [6.45, 7) is 12.0. The van der Waals surface area contributed by atoms with Crippen LogP contribution in [-0.4, -0.2) is 0 Å². The van der Waals surface area contributed by atoms with Crippen molar-refractivity contribution in [1.82, 2.24) is 0 Å². The molecule has 0 heterocycles. The minimum atomic E-state index is -3.30. The smallest absolute Gasteiger partial charge is 0.166 e. The normalized spacial score (nSPS) is 13.2. The summed E-state index contributed by atoms with van der Waals surface area (Å²) < 4.78 is 27.1. The summed E-state index contributed by atoms with van der Waals surface area (Å²) in [6.07, 6.45) is 8.60. The van der Waals surface area contributed by atoms with E-state index in [0.717, 1.165) is 11.7 Å². The van der Waals surface area contributed by atoms with Crippen LogP contribution in [0.1, 0.15) is 26.7 Å². The first kappa shape index (κ1) is 26.7. The van der Waals surface area contributed by atoms with Crippen LogP contribution < -0.4 is 26.2 Å². The van der Waals surface area contributed by atoms with Crippen molar-refractivity contribution >= 4 is 23.8 Å². The van der Waals surface area contributed by atoms with E-state index in [4.69, 9.17) is 20.9 Å². The van der Waals surface area contributed by atoms with E-state index in [-0.39, 0.29) is 0 Å². The van der Waals surface area contributed by atoms with Crippen LogP contribution in [0.5, 0.6) is 23.0 Å². The molecule has 0 aromatic heterocycles. The van der Waals surface area contributed by atoms with Gasteiger partial charge in [-0.3, -0.25) is 0 Å². The summed E-state index contributed by atoms with van der Waals surface area (Å²) in [5.41, 5.74) is 13.0. The number of anilines is 2. The van der Waals surface area contributed by atoms with E-state index < -0.39 is 7.14 Å². The Hall–Kier alpha value is -3.95. The molecule has 0 radical (unpaired) electrons. The number of rotatable bonds is 11. The molecule has 3 rings (SSSR count). The average molecular weight is 501 g/mol. The van der Waals surface area contributed by atoms with Gasteiger partial charge in [0.1, 0.15) is 23.0 Å². The molecule has 0 aliphatic carbocycles. The molecule has 3 aromatic carbocycles. The van der Waals surface area contributed by atoms with Gasteiger partial charge in [-0.25, -0.2) is 0 Å². The highest BCUT2D eigenvalue weighted by Gasteiger charge is 2.32. The molecule has 0 aliphatic heterocycles. The molecule has 5 nitrogen and oxygen atoms in total. The van der Waals surface area contributed by atoms with Gasteiger partial charge in [0.25, 0.3) is 0 Å². The lowest BCUT2D eigenvalue weighted by Gasteiger charge is -2.23. The van der Waals surface area contributed by atoms with Crippen molar-refractivity contribution < 1.29 is 14.0 Å². The molecular weight excluding hydrogens is 467 g/mol. The molecule has 0 aliphatic rings. The van der Waals surface area contributed by atoms with E-state index in [1.54, 1.807) is 66.7 Å². The molecule has 0 saturated carbocycles. The third-order valence-electron chi connectivity index (χ3n) is 5.44. The van der Waals surface area contributed by atoms with Crippen LogP contribution in [0.4, 0.5) is 11.4 Å². The molecule has 0 bridgehead atoms. The summed E-state index contributed by atoms with van der Waals surface area (Å²) in [5, 5.41) is 1.80. The maximum Gasteiger partial charge on any atom is 0.166 e. The molecule has 0 fully saturated rings. The number of hydrogen-bond acceptors (Lipinski definition) is 5. The molecule has 186 valence electrons. The van der Waals surface area contributed by atoms with Gasteiger partial charge in [-0.15, -0.1) is 0 Å². The van der Waals surface area contributed by atoms with E-state index in [1.165, 1.54) is 0 Å². The predicted molar refractivity (Wildman–Crippen MR) is 153 cm³/mol. The number of nitrogen functional groups attached to an aromatic ring is 2. The van der Waals surface area contributed by atoms with Crippen molar-refractivity contribution in [3.05, 3.63) is 115 Å². The summed E-state index contributed by atoms with van der Waals surface area (Å²) in [6, 6.07) is 19.5. The summed E-state index contributed by atoms with van der Waals surface area (Å²) in [5.74, 6) is 2.02. The Bertz CT molecular complexity index is 1290. The van der Waals surface area contributed by atoms with E-state index in [9.17, 15) is 4.57 Å². The lowest BCUT2D eigenvalue weighted by atomic mass is 10.3. The number of benzene rings is 3.